The highest BCUT2D eigenvalue weighted by molar-refractivity contribution is 14.1. The second-order valence-corrected chi connectivity index (χ2v) is 4.90. The van der Waals surface area contributed by atoms with Gasteiger partial charge < -0.3 is 10.1 Å². The molecule has 0 fully saturated rings. The fourth-order valence-corrected chi connectivity index (χ4v) is 2.14. The molecule has 100 valence electrons. The number of hydrogen-bond acceptors (Lipinski definition) is 5. The molecule has 5 nitrogen and oxygen atoms in total. The van der Waals surface area contributed by atoms with Gasteiger partial charge in [-0.3, -0.25) is 0 Å². The smallest absolute Gasteiger partial charge is 0.376 e. The van der Waals surface area contributed by atoms with E-state index >= 15 is 0 Å². The lowest BCUT2D eigenvalue weighted by Gasteiger charge is -2.11. The molecule has 1 heterocycles. The molecule has 0 radical (unpaired) electrons. The molecular formula is C12H18IN3O2. The van der Waals surface area contributed by atoms with Gasteiger partial charge in [0.25, 0.3) is 0 Å². The molecule has 0 saturated heterocycles. The molecule has 0 aliphatic rings. The van der Waals surface area contributed by atoms with Gasteiger partial charge in [0, 0.05) is 6.54 Å². The SMILES string of the molecule is CCCNc1nc(C(=O)OC)nc(CCC)c1I. The van der Waals surface area contributed by atoms with Crippen LogP contribution in [0.4, 0.5) is 5.82 Å². The van der Waals surface area contributed by atoms with Crippen LogP contribution in [-0.4, -0.2) is 29.6 Å². The minimum absolute atomic E-state index is 0.125. The third kappa shape index (κ3) is 3.79. The lowest BCUT2D eigenvalue weighted by atomic mass is 10.2. The molecule has 0 aliphatic heterocycles. The van der Waals surface area contributed by atoms with E-state index in [0.717, 1.165) is 40.9 Å². The summed E-state index contributed by atoms with van der Waals surface area (Å²) in [6, 6.07) is 0. The Morgan fingerprint density at radius 3 is 2.61 bits per heavy atom. The number of esters is 1. The number of ether oxygens (including phenoxy) is 1. The van der Waals surface area contributed by atoms with Crippen molar-refractivity contribution < 1.29 is 9.53 Å². The number of aromatic nitrogens is 2. The molecule has 0 amide bonds. The summed E-state index contributed by atoms with van der Waals surface area (Å²) in [5, 5.41) is 3.21. The molecule has 1 N–H and O–H groups in total. The second kappa shape index (κ2) is 7.50. The van der Waals surface area contributed by atoms with Crippen LogP contribution in [0.5, 0.6) is 0 Å². The van der Waals surface area contributed by atoms with Crippen molar-refractivity contribution in [2.45, 2.75) is 33.1 Å². The topological polar surface area (TPSA) is 64.1 Å². The van der Waals surface area contributed by atoms with Gasteiger partial charge in [-0.25, -0.2) is 14.8 Å². The largest absolute Gasteiger partial charge is 0.463 e. The predicted molar refractivity (Wildman–Crippen MR) is 78.9 cm³/mol. The van der Waals surface area contributed by atoms with Crippen LogP contribution in [0.3, 0.4) is 0 Å². The highest BCUT2D eigenvalue weighted by Crippen LogP contribution is 2.20. The van der Waals surface area contributed by atoms with E-state index in [4.69, 9.17) is 0 Å². The van der Waals surface area contributed by atoms with E-state index in [1.54, 1.807) is 0 Å². The van der Waals surface area contributed by atoms with Gasteiger partial charge in [-0.15, -0.1) is 0 Å². The summed E-state index contributed by atoms with van der Waals surface area (Å²) >= 11 is 2.22. The summed E-state index contributed by atoms with van der Waals surface area (Å²) in [5.41, 5.74) is 0.895. The normalized spacial score (nSPS) is 10.2. The number of halogens is 1. The lowest BCUT2D eigenvalue weighted by molar-refractivity contribution is 0.0586. The molecule has 0 atom stereocenters. The highest BCUT2D eigenvalue weighted by atomic mass is 127. The number of carbonyl (C=O) groups is 1. The van der Waals surface area contributed by atoms with Gasteiger partial charge >= 0.3 is 5.97 Å². The average molecular weight is 363 g/mol. The molecule has 0 aliphatic carbocycles. The fraction of sp³-hybridized carbons (Fsp3) is 0.583. The van der Waals surface area contributed by atoms with Crippen LogP contribution >= 0.6 is 22.6 Å². The van der Waals surface area contributed by atoms with Crippen LogP contribution in [0.25, 0.3) is 0 Å². The van der Waals surface area contributed by atoms with Crippen LogP contribution in [0.15, 0.2) is 0 Å². The maximum absolute atomic E-state index is 11.5. The van der Waals surface area contributed by atoms with Crippen LogP contribution < -0.4 is 5.32 Å². The van der Waals surface area contributed by atoms with Gasteiger partial charge in [-0.1, -0.05) is 20.3 Å². The Morgan fingerprint density at radius 1 is 1.33 bits per heavy atom. The molecule has 0 unspecified atom stereocenters. The van der Waals surface area contributed by atoms with Crippen LogP contribution in [0, 0.1) is 3.57 Å². The van der Waals surface area contributed by atoms with E-state index < -0.39 is 5.97 Å². The highest BCUT2D eigenvalue weighted by Gasteiger charge is 2.16. The van der Waals surface area contributed by atoms with Crippen molar-refractivity contribution in [1.29, 1.82) is 0 Å². The molecule has 0 aromatic carbocycles. The standard InChI is InChI=1S/C12H18IN3O2/c1-4-6-8-9(13)10(14-7-5-2)16-11(15-8)12(17)18-3/h4-7H2,1-3H3,(H,14,15,16). The van der Waals surface area contributed by atoms with Crippen molar-refractivity contribution in [3.63, 3.8) is 0 Å². The van der Waals surface area contributed by atoms with E-state index in [1.165, 1.54) is 7.11 Å². The minimum Gasteiger partial charge on any atom is -0.463 e. The molecule has 0 spiro atoms. The van der Waals surface area contributed by atoms with Crippen molar-refractivity contribution in [2.75, 3.05) is 19.0 Å². The van der Waals surface area contributed by atoms with Crippen molar-refractivity contribution >= 4 is 34.4 Å². The predicted octanol–water partition coefficient (Wildman–Crippen LogP) is 2.64. The number of nitrogens with one attached hydrogen (secondary N) is 1. The quantitative estimate of drug-likeness (QED) is 0.622. The van der Waals surface area contributed by atoms with Gasteiger partial charge in [-0.05, 0) is 35.4 Å². The van der Waals surface area contributed by atoms with Crippen molar-refractivity contribution in [2.24, 2.45) is 0 Å². The van der Waals surface area contributed by atoms with Gasteiger partial charge in [0.05, 0.1) is 16.4 Å². The molecule has 0 bridgehead atoms. The third-order valence-electron chi connectivity index (χ3n) is 2.32. The average Bonchev–Trinajstić information content (AvgIpc) is 2.39. The summed E-state index contributed by atoms with van der Waals surface area (Å²) in [6.45, 7) is 4.98. The minimum atomic E-state index is -0.497. The van der Waals surface area contributed by atoms with E-state index in [9.17, 15) is 4.79 Å². The number of nitrogens with zero attached hydrogens (tertiary/aromatic N) is 2. The first kappa shape index (κ1) is 15.1. The first-order chi connectivity index (χ1) is 8.63. The van der Waals surface area contributed by atoms with Crippen molar-refractivity contribution in [3.8, 4) is 0 Å². The summed E-state index contributed by atoms with van der Waals surface area (Å²) in [5.74, 6) is 0.347. The second-order valence-electron chi connectivity index (χ2n) is 3.82. The molecule has 1 aromatic rings. The van der Waals surface area contributed by atoms with Crippen LogP contribution in [0.2, 0.25) is 0 Å². The van der Waals surface area contributed by atoms with Gasteiger partial charge in [0.15, 0.2) is 0 Å². The van der Waals surface area contributed by atoms with Gasteiger partial charge in [-0.2, -0.15) is 0 Å². The first-order valence-electron chi connectivity index (χ1n) is 6.02. The Balaban J connectivity index is 3.14. The summed E-state index contributed by atoms with van der Waals surface area (Å²) in [4.78, 5) is 20.0. The summed E-state index contributed by atoms with van der Waals surface area (Å²) in [6.07, 6.45) is 2.79. The molecule has 6 heteroatoms. The Bertz CT molecular complexity index is 424. The number of anilines is 1. The van der Waals surface area contributed by atoms with E-state index in [0.29, 0.717) is 0 Å². The monoisotopic (exact) mass is 363 g/mol. The fourth-order valence-electron chi connectivity index (χ4n) is 1.44. The zero-order valence-corrected chi connectivity index (χ0v) is 13.1. The Morgan fingerprint density at radius 2 is 2.06 bits per heavy atom. The zero-order chi connectivity index (χ0) is 13.5. The Kier molecular flexibility index (Phi) is 6.31. The number of hydrogen-bond donors (Lipinski definition) is 1. The molecule has 0 saturated carbocycles. The number of rotatable bonds is 6. The van der Waals surface area contributed by atoms with Crippen LogP contribution in [0.1, 0.15) is 43.0 Å². The summed E-state index contributed by atoms with van der Waals surface area (Å²) in [7, 11) is 1.34. The number of aryl methyl sites for hydroxylation is 1. The Hall–Kier alpha value is -0.920. The maximum Gasteiger partial charge on any atom is 0.376 e. The first-order valence-corrected chi connectivity index (χ1v) is 7.10. The van der Waals surface area contributed by atoms with Crippen LogP contribution in [-0.2, 0) is 11.2 Å². The summed E-state index contributed by atoms with van der Waals surface area (Å²) < 4.78 is 5.66. The number of carbonyl (C=O) groups excluding carboxylic acids is 1. The van der Waals surface area contributed by atoms with Gasteiger partial charge in [0.2, 0.25) is 5.82 Å². The van der Waals surface area contributed by atoms with Crippen molar-refractivity contribution in [1.82, 2.24) is 9.97 Å². The molecule has 1 rings (SSSR count). The maximum atomic E-state index is 11.5. The van der Waals surface area contributed by atoms with E-state index in [2.05, 4.69) is 56.5 Å². The van der Waals surface area contributed by atoms with E-state index in [1.807, 2.05) is 0 Å². The van der Waals surface area contributed by atoms with E-state index in [-0.39, 0.29) is 5.82 Å². The molecular weight excluding hydrogens is 345 g/mol. The third-order valence-corrected chi connectivity index (χ3v) is 3.45. The molecule has 1 aromatic heterocycles. The van der Waals surface area contributed by atoms with Gasteiger partial charge in [0.1, 0.15) is 5.82 Å². The Labute approximate surface area is 121 Å². The lowest BCUT2D eigenvalue weighted by Crippen LogP contribution is -2.15. The molecule has 18 heavy (non-hydrogen) atoms. The number of methoxy groups -OCH3 is 1. The van der Waals surface area contributed by atoms with Crippen molar-refractivity contribution in [3.05, 3.63) is 15.1 Å². The zero-order valence-electron chi connectivity index (χ0n) is 10.9.